The predicted molar refractivity (Wildman–Crippen MR) is 101 cm³/mol. The van der Waals surface area contributed by atoms with Gasteiger partial charge in [-0.1, -0.05) is 20.8 Å². The fourth-order valence-corrected chi connectivity index (χ4v) is 4.17. The normalized spacial score (nSPS) is 17.0. The molecule has 1 aliphatic carbocycles. The Morgan fingerprint density at radius 1 is 1.38 bits per heavy atom. The van der Waals surface area contributed by atoms with E-state index in [4.69, 9.17) is 10.1 Å². The lowest BCUT2D eigenvalue weighted by atomic mass is 9.71. The standard InChI is InChI=1S/C18H24N2OS.CH4O/c1-5-19-16(21)15-10-12-8-11-9-13(18(2,3)4)6-7-14(11)20-17(12)22-15;1-2/h8,10,13H,5-7,9H2,1-4H3,(H,19,21);2H,1H3. The molecule has 4 nitrogen and oxygen atoms in total. The minimum atomic E-state index is 0.0102. The summed E-state index contributed by atoms with van der Waals surface area (Å²) in [6, 6.07) is 4.24. The van der Waals surface area contributed by atoms with Crippen LogP contribution >= 0.6 is 11.3 Å². The first-order chi connectivity index (χ1) is 11.4. The second-order valence-electron chi connectivity index (χ2n) is 7.26. The summed E-state index contributed by atoms with van der Waals surface area (Å²) >= 11 is 1.50. The molecule has 0 saturated heterocycles. The van der Waals surface area contributed by atoms with E-state index in [1.54, 1.807) is 0 Å². The van der Waals surface area contributed by atoms with Crippen molar-refractivity contribution in [3.63, 3.8) is 0 Å². The molecule has 0 spiro atoms. The number of nitrogens with zero attached hydrogens (tertiary/aromatic N) is 1. The number of hydrogen-bond acceptors (Lipinski definition) is 4. The van der Waals surface area contributed by atoms with Crippen LogP contribution < -0.4 is 5.32 Å². The first-order valence-corrected chi connectivity index (χ1v) is 9.35. The Balaban J connectivity index is 0.00000100. The monoisotopic (exact) mass is 348 g/mol. The fourth-order valence-electron chi connectivity index (χ4n) is 3.22. The number of amides is 1. The molecule has 1 aliphatic rings. The largest absolute Gasteiger partial charge is 0.400 e. The van der Waals surface area contributed by atoms with E-state index in [0.29, 0.717) is 17.9 Å². The Morgan fingerprint density at radius 3 is 2.71 bits per heavy atom. The van der Waals surface area contributed by atoms with Crippen molar-refractivity contribution in [2.45, 2.75) is 47.0 Å². The summed E-state index contributed by atoms with van der Waals surface area (Å²) in [5, 5.41) is 11.0. The van der Waals surface area contributed by atoms with Crippen molar-refractivity contribution in [2.24, 2.45) is 11.3 Å². The summed E-state index contributed by atoms with van der Waals surface area (Å²) in [5.41, 5.74) is 2.95. The van der Waals surface area contributed by atoms with Crippen LogP contribution in [0.2, 0.25) is 0 Å². The van der Waals surface area contributed by atoms with E-state index in [1.165, 1.54) is 29.0 Å². The second kappa shape index (κ2) is 7.62. The molecule has 1 amide bonds. The number of thiophene rings is 1. The van der Waals surface area contributed by atoms with Crippen LogP contribution in [-0.2, 0) is 12.8 Å². The Kier molecular flexibility index (Phi) is 5.99. The number of fused-ring (bicyclic) bond motifs is 2. The number of carbonyl (C=O) groups excluding carboxylic acids is 1. The molecule has 2 aromatic rings. The molecule has 0 bridgehead atoms. The van der Waals surface area contributed by atoms with Crippen LogP contribution in [0.1, 0.15) is 55.0 Å². The zero-order valence-electron chi connectivity index (χ0n) is 15.3. The molecular weight excluding hydrogens is 320 g/mol. The highest BCUT2D eigenvalue weighted by Gasteiger charge is 2.29. The molecule has 0 aromatic carbocycles. The Morgan fingerprint density at radius 2 is 2.08 bits per heavy atom. The molecule has 0 aliphatic heterocycles. The molecule has 0 fully saturated rings. The van der Waals surface area contributed by atoms with Crippen molar-refractivity contribution < 1.29 is 9.90 Å². The SMILES string of the molecule is CCNC(=O)c1cc2cc3c(nc2s1)CCC(C(C)(C)C)C3.CO. The third-order valence-electron chi connectivity index (χ3n) is 4.66. The number of hydrogen-bond donors (Lipinski definition) is 2. The van der Waals surface area contributed by atoms with Gasteiger partial charge in [0.05, 0.1) is 4.88 Å². The molecule has 132 valence electrons. The minimum Gasteiger partial charge on any atom is -0.400 e. The summed E-state index contributed by atoms with van der Waals surface area (Å²) in [7, 11) is 1.00. The zero-order valence-corrected chi connectivity index (χ0v) is 16.1. The van der Waals surface area contributed by atoms with Gasteiger partial charge in [-0.3, -0.25) is 4.79 Å². The number of aliphatic hydroxyl groups excluding tert-OH is 1. The summed E-state index contributed by atoms with van der Waals surface area (Å²) < 4.78 is 0. The highest BCUT2D eigenvalue weighted by molar-refractivity contribution is 7.20. The maximum absolute atomic E-state index is 12.0. The number of aliphatic hydroxyl groups is 1. The van der Waals surface area contributed by atoms with Crippen LogP contribution in [0, 0.1) is 11.3 Å². The average molecular weight is 349 g/mol. The second-order valence-corrected chi connectivity index (χ2v) is 8.30. The third-order valence-corrected chi connectivity index (χ3v) is 5.70. The lowest BCUT2D eigenvalue weighted by Gasteiger charge is -2.34. The zero-order chi connectivity index (χ0) is 17.9. The lowest BCUT2D eigenvalue weighted by Crippen LogP contribution is -2.27. The third kappa shape index (κ3) is 3.95. The first-order valence-electron chi connectivity index (χ1n) is 8.53. The molecule has 0 radical (unpaired) electrons. The van der Waals surface area contributed by atoms with Crippen molar-refractivity contribution in [3.05, 3.63) is 28.3 Å². The number of rotatable bonds is 2. The van der Waals surface area contributed by atoms with Crippen LogP contribution in [-0.4, -0.2) is 29.7 Å². The van der Waals surface area contributed by atoms with E-state index in [-0.39, 0.29) is 5.91 Å². The summed E-state index contributed by atoms with van der Waals surface area (Å²) in [6.07, 6.45) is 3.37. The Bertz CT molecular complexity index is 716. The molecule has 2 heterocycles. The molecular formula is C19H28N2O2S. The lowest BCUT2D eigenvalue weighted by molar-refractivity contribution is 0.0960. The van der Waals surface area contributed by atoms with Crippen LogP contribution in [0.15, 0.2) is 12.1 Å². The van der Waals surface area contributed by atoms with Gasteiger partial charge < -0.3 is 10.4 Å². The van der Waals surface area contributed by atoms with Gasteiger partial charge in [-0.15, -0.1) is 11.3 Å². The maximum Gasteiger partial charge on any atom is 0.261 e. The number of aromatic nitrogens is 1. The summed E-state index contributed by atoms with van der Waals surface area (Å²) in [5.74, 6) is 0.719. The van der Waals surface area contributed by atoms with Gasteiger partial charge >= 0.3 is 0 Å². The molecule has 0 saturated carbocycles. The van der Waals surface area contributed by atoms with Crippen LogP contribution in [0.3, 0.4) is 0 Å². The van der Waals surface area contributed by atoms with Crippen molar-refractivity contribution in [2.75, 3.05) is 13.7 Å². The molecule has 24 heavy (non-hydrogen) atoms. The molecule has 1 unspecified atom stereocenters. The smallest absolute Gasteiger partial charge is 0.261 e. The summed E-state index contributed by atoms with van der Waals surface area (Å²) in [4.78, 5) is 18.6. The number of carbonyl (C=O) groups is 1. The quantitative estimate of drug-likeness (QED) is 0.867. The van der Waals surface area contributed by atoms with Crippen molar-refractivity contribution in [3.8, 4) is 0 Å². The average Bonchev–Trinajstić information content (AvgIpc) is 2.96. The Labute approximate surface area is 148 Å². The molecule has 5 heteroatoms. The Hall–Kier alpha value is -1.46. The van der Waals surface area contributed by atoms with E-state index >= 15 is 0 Å². The van der Waals surface area contributed by atoms with Gasteiger partial charge in [-0.2, -0.15) is 0 Å². The molecule has 2 N–H and O–H groups in total. The molecule has 1 atom stereocenters. The van der Waals surface area contributed by atoms with Gasteiger partial charge in [0.25, 0.3) is 5.91 Å². The fraction of sp³-hybridized carbons (Fsp3) is 0.579. The van der Waals surface area contributed by atoms with Crippen molar-refractivity contribution in [1.82, 2.24) is 10.3 Å². The van der Waals surface area contributed by atoms with Gasteiger partial charge in [0.1, 0.15) is 4.83 Å². The van der Waals surface area contributed by atoms with E-state index in [0.717, 1.165) is 35.0 Å². The number of aryl methyl sites for hydroxylation is 1. The highest BCUT2D eigenvalue weighted by atomic mass is 32.1. The van der Waals surface area contributed by atoms with Crippen LogP contribution in [0.4, 0.5) is 0 Å². The van der Waals surface area contributed by atoms with E-state index in [1.807, 2.05) is 13.0 Å². The van der Waals surface area contributed by atoms with Gasteiger partial charge in [0, 0.05) is 24.7 Å². The molecule has 3 rings (SSSR count). The number of nitrogens with one attached hydrogen (secondary N) is 1. The number of pyridine rings is 1. The van der Waals surface area contributed by atoms with Crippen LogP contribution in [0.5, 0.6) is 0 Å². The predicted octanol–water partition coefficient (Wildman–Crippen LogP) is 3.81. The van der Waals surface area contributed by atoms with Crippen LogP contribution in [0.25, 0.3) is 10.2 Å². The van der Waals surface area contributed by atoms with Gasteiger partial charge in [0.15, 0.2) is 0 Å². The minimum absolute atomic E-state index is 0.0102. The van der Waals surface area contributed by atoms with Crippen molar-refractivity contribution >= 4 is 27.5 Å². The highest BCUT2D eigenvalue weighted by Crippen LogP contribution is 2.38. The van der Waals surface area contributed by atoms with E-state index < -0.39 is 0 Å². The van der Waals surface area contributed by atoms with Gasteiger partial charge in [-0.05, 0) is 55.2 Å². The topological polar surface area (TPSA) is 62.2 Å². The van der Waals surface area contributed by atoms with E-state index in [9.17, 15) is 4.79 Å². The molecule has 2 aromatic heterocycles. The summed E-state index contributed by atoms with van der Waals surface area (Å²) in [6.45, 7) is 9.57. The van der Waals surface area contributed by atoms with E-state index in [2.05, 4.69) is 32.2 Å². The van der Waals surface area contributed by atoms with Crippen molar-refractivity contribution in [1.29, 1.82) is 0 Å². The van der Waals surface area contributed by atoms with Gasteiger partial charge in [-0.25, -0.2) is 4.98 Å². The maximum atomic E-state index is 12.0. The van der Waals surface area contributed by atoms with Gasteiger partial charge in [0.2, 0.25) is 0 Å². The first kappa shape index (κ1) is 18.9.